The van der Waals surface area contributed by atoms with Crippen LogP contribution in [0.5, 0.6) is 5.75 Å². The molecule has 1 aromatic heterocycles. The van der Waals surface area contributed by atoms with Crippen molar-refractivity contribution in [3.05, 3.63) is 54.2 Å². The van der Waals surface area contributed by atoms with Crippen molar-refractivity contribution in [3.8, 4) is 5.75 Å². The van der Waals surface area contributed by atoms with Gasteiger partial charge in [-0.1, -0.05) is 18.2 Å². The Morgan fingerprint density at radius 2 is 1.93 bits per heavy atom. The Hall–Kier alpha value is -3.00. The number of morpholine rings is 1. The fraction of sp³-hybridized carbons (Fsp3) is 0.333. The molecule has 2 N–H and O–H groups in total. The van der Waals surface area contributed by atoms with Crippen LogP contribution in [0.1, 0.15) is 19.4 Å². The highest BCUT2D eigenvalue weighted by molar-refractivity contribution is 5.96. The van der Waals surface area contributed by atoms with Crippen molar-refractivity contribution in [2.75, 3.05) is 18.1 Å². The van der Waals surface area contributed by atoms with Gasteiger partial charge in [0.1, 0.15) is 17.4 Å². The molecule has 1 aromatic carbocycles. The van der Waals surface area contributed by atoms with Crippen molar-refractivity contribution in [2.24, 2.45) is 10.7 Å². The number of aliphatic imine (C=N–C) groups is 1. The molecule has 1 aliphatic heterocycles. The predicted molar refractivity (Wildman–Crippen MR) is 110 cm³/mol. The number of hydrogen-bond donors (Lipinski definition) is 1. The fourth-order valence-electron chi connectivity index (χ4n) is 3.20. The molecule has 1 fully saturated rings. The Kier molecular flexibility index (Phi) is 6.77. The molecule has 0 spiro atoms. The summed E-state index contributed by atoms with van der Waals surface area (Å²) >= 11 is 0. The molecule has 0 amide bonds. The third-order valence-corrected chi connectivity index (χ3v) is 4.47. The maximum absolute atomic E-state index is 12.2. The quantitative estimate of drug-likeness (QED) is 0.584. The number of benzene rings is 1. The van der Waals surface area contributed by atoms with E-state index in [0.717, 1.165) is 11.4 Å². The van der Waals surface area contributed by atoms with Gasteiger partial charge < -0.3 is 20.1 Å². The molecular formula is C21H24F2N4O2. The first-order valence-electron chi connectivity index (χ1n) is 9.31. The van der Waals surface area contributed by atoms with Crippen LogP contribution in [-0.4, -0.2) is 42.7 Å². The molecule has 2 atom stereocenters. The van der Waals surface area contributed by atoms with E-state index in [1.807, 2.05) is 6.07 Å². The average Bonchev–Trinajstić information content (AvgIpc) is 2.67. The smallest absolute Gasteiger partial charge is 0.387 e. The minimum absolute atomic E-state index is 0.106. The molecule has 1 aliphatic rings. The summed E-state index contributed by atoms with van der Waals surface area (Å²) in [5.74, 6) is 1.26. The molecule has 0 aliphatic carbocycles. The van der Waals surface area contributed by atoms with Gasteiger partial charge in [-0.15, -0.1) is 0 Å². The Bertz CT molecular complexity index is 861. The second-order valence-corrected chi connectivity index (χ2v) is 6.83. The highest BCUT2D eigenvalue weighted by atomic mass is 19.3. The van der Waals surface area contributed by atoms with E-state index < -0.39 is 6.61 Å². The van der Waals surface area contributed by atoms with E-state index in [9.17, 15) is 8.78 Å². The lowest BCUT2D eigenvalue weighted by Gasteiger charge is -2.39. The molecule has 1 saturated heterocycles. The summed E-state index contributed by atoms with van der Waals surface area (Å²) in [5.41, 5.74) is 7.50. The van der Waals surface area contributed by atoms with Gasteiger partial charge in [-0.25, -0.2) is 9.98 Å². The second kappa shape index (κ2) is 9.47. The number of alkyl halides is 2. The third kappa shape index (κ3) is 5.74. The highest BCUT2D eigenvalue weighted by Crippen LogP contribution is 2.25. The van der Waals surface area contributed by atoms with Crippen LogP contribution in [0.3, 0.4) is 0 Å². The normalized spacial score (nSPS) is 20.4. The fourth-order valence-corrected chi connectivity index (χ4v) is 3.20. The van der Waals surface area contributed by atoms with Crippen LogP contribution in [0.15, 0.2) is 53.7 Å². The number of pyridine rings is 1. The number of rotatable bonds is 6. The molecular weight excluding hydrogens is 378 g/mol. The lowest BCUT2D eigenvalue weighted by atomic mass is 10.1. The zero-order valence-electron chi connectivity index (χ0n) is 16.3. The molecule has 2 heterocycles. The molecule has 29 heavy (non-hydrogen) atoms. The number of anilines is 1. The first-order chi connectivity index (χ1) is 13.9. The summed E-state index contributed by atoms with van der Waals surface area (Å²) in [6.07, 6.45) is 5.12. The minimum atomic E-state index is -2.84. The molecule has 0 bridgehead atoms. The van der Waals surface area contributed by atoms with E-state index in [0.29, 0.717) is 24.7 Å². The van der Waals surface area contributed by atoms with Crippen molar-refractivity contribution in [1.82, 2.24) is 4.98 Å². The first kappa shape index (κ1) is 20.7. The van der Waals surface area contributed by atoms with Gasteiger partial charge in [-0.2, -0.15) is 8.78 Å². The number of amidine groups is 1. The van der Waals surface area contributed by atoms with Gasteiger partial charge in [0.15, 0.2) is 0 Å². The second-order valence-electron chi connectivity index (χ2n) is 6.83. The number of aromatic nitrogens is 1. The van der Waals surface area contributed by atoms with Gasteiger partial charge in [-0.3, -0.25) is 0 Å². The standard InChI is InChI=1S/C21H24F2N4O2/c1-14-12-28-13-15(2)27(14)20-11-17(9-10-25-20)26-19(24)8-5-16-3-6-18(7-4-16)29-21(22)23/h3-11,14-15,21H,12-13H2,1-2H3,(H2,24,25,26)/b8-5+. The van der Waals surface area contributed by atoms with Crippen LogP contribution in [0.25, 0.3) is 6.08 Å². The number of halogens is 2. The Morgan fingerprint density at radius 3 is 2.59 bits per heavy atom. The summed E-state index contributed by atoms with van der Waals surface area (Å²) in [4.78, 5) is 11.1. The summed E-state index contributed by atoms with van der Waals surface area (Å²) in [6.45, 7) is 2.68. The Balaban J connectivity index is 1.70. The van der Waals surface area contributed by atoms with Crippen LogP contribution in [0, 0.1) is 0 Å². The topological polar surface area (TPSA) is 73.0 Å². The lowest BCUT2D eigenvalue weighted by molar-refractivity contribution is -0.0498. The number of ether oxygens (including phenoxy) is 2. The zero-order chi connectivity index (χ0) is 20.8. The van der Waals surface area contributed by atoms with Crippen molar-refractivity contribution in [3.63, 3.8) is 0 Å². The van der Waals surface area contributed by atoms with E-state index in [1.165, 1.54) is 12.1 Å². The van der Waals surface area contributed by atoms with Crippen molar-refractivity contribution >= 4 is 23.4 Å². The van der Waals surface area contributed by atoms with Crippen molar-refractivity contribution < 1.29 is 18.3 Å². The maximum atomic E-state index is 12.2. The third-order valence-electron chi connectivity index (χ3n) is 4.47. The molecule has 2 aromatic rings. The van der Waals surface area contributed by atoms with Gasteiger partial charge in [0.05, 0.1) is 31.0 Å². The Labute approximate surface area is 168 Å². The van der Waals surface area contributed by atoms with E-state index in [2.05, 4.69) is 33.5 Å². The van der Waals surface area contributed by atoms with E-state index in [1.54, 1.807) is 36.5 Å². The monoisotopic (exact) mass is 402 g/mol. The van der Waals surface area contributed by atoms with Crippen LogP contribution < -0.4 is 15.4 Å². The highest BCUT2D eigenvalue weighted by Gasteiger charge is 2.26. The van der Waals surface area contributed by atoms with Crippen LogP contribution in [0.4, 0.5) is 20.3 Å². The zero-order valence-corrected chi connectivity index (χ0v) is 16.3. The van der Waals surface area contributed by atoms with Gasteiger partial charge in [0.2, 0.25) is 0 Å². The predicted octanol–water partition coefficient (Wildman–Crippen LogP) is 4.00. The van der Waals surface area contributed by atoms with Crippen molar-refractivity contribution in [2.45, 2.75) is 32.5 Å². The van der Waals surface area contributed by atoms with E-state index >= 15 is 0 Å². The molecule has 8 heteroatoms. The van der Waals surface area contributed by atoms with Gasteiger partial charge >= 0.3 is 6.61 Å². The minimum Gasteiger partial charge on any atom is -0.435 e. The molecule has 0 radical (unpaired) electrons. The average molecular weight is 402 g/mol. The summed E-state index contributed by atoms with van der Waals surface area (Å²) < 4.78 is 34.3. The van der Waals surface area contributed by atoms with Crippen molar-refractivity contribution in [1.29, 1.82) is 0 Å². The van der Waals surface area contributed by atoms with Crippen LogP contribution in [0.2, 0.25) is 0 Å². The largest absolute Gasteiger partial charge is 0.435 e. The number of hydrogen-bond acceptors (Lipinski definition) is 5. The summed E-state index contributed by atoms with van der Waals surface area (Å²) in [7, 11) is 0. The van der Waals surface area contributed by atoms with E-state index in [4.69, 9.17) is 10.5 Å². The number of nitrogens with two attached hydrogens (primary N) is 1. The molecule has 154 valence electrons. The van der Waals surface area contributed by atoms with Gasteiger partial charge in [0.25, 0.3) is 0 Å². The van der Waals surface area contributed by atoms with Gasteiger partial charge in [-0.05, 0) is 43.7 Å². The SMILES string of the molecule is CC1COCC(C)N1c1cc(N=C(N)/C=C/c2ccc(OC(F)F)cc2)ccn1. The molecule has 0 saturated carbocycles. The maximum Gasteiger partial charge on any atom is 0.387 e. The molecule has 2 unspecified atom stereocenters. The number of nitrogens with zero attached hydrogens (tertiary/aromatic N) is 3. The summed E-state index contributed by atoms with van der Waals surface area (Å²) in [6, 6.07) is 10.4. The lowest BCUT2D eigenvalue weighted by Crippen LogP contribution is -2.50. The van der Waals surface area contributed by atoms with Gasteiger partial charge in [0, 0.05) is 12.3 Å². The summed E-state index contributed by atoms with van der Waals surface area (Å²) in [5, 5.41) is 0. The Morgan fingerprint density at radius 1 is 1.24 bits per heavy atom. The van der Waals surface area contributed by atoms with E-state index in [-0.39, 0.29) is 17.8 Å². The van der Waals surface area contributed by atoms with Crippen LogP contribution in [-0.2, 0) is 4.74 Å². The van der Waals surface area contributed by atoms with Crippen LogP contribution >= 0.6 is 0 Å². The molecule has 6 nitrogen and oxygen atoms in total. The molecule has 3 rings (SSSR count). The first-order valence-corrected chi connectivity index (χ1v) is 9.31.